The number of carbonyl (C=O) groups excluding carboxylic acids is 2. The average Bonchev–Trinajstić information content (AvgIpc) is 3.01. The highest BCUT2D eigenvalue weighted by Gasteiger charge is 2.35. The lowest BCUT2D eigenvalue weighted by Crippen LogP contribution is -2.53. The van der Waals surface area contributed by atoms with Crippen molar-refractivity contribution in [1.29, 1.82) is 0 Å². The Bertz CT molecular complexity index is 1650. The van der Waals surface area contributed by atoms with Crippen LogP contribution in [0.3, 0.4) is 0 Å². The van der Waals surface area contributed by atoms with Crippen LogP contribution in [0, 0.1) is 6.92 Å². The molecule has 0 aliphatic rings. The van der Waals surface area contributed by atoms with Gasteiger partial charge in [0.25, 0.3) is 10.0 Å². The summed E-state index contributed by atoms with van der Waals surface area (Å²) in [5.74, 6) is -0.923. The van der Waals surface area contributed by atoms with Crippen LogP contribution in [0.5, 0.6) is 0 Å². The van der Waals surface area contributed by atoms with Crippen LogP contribution in [0.2, 0.25) is 10.0 Å². The second kappa shape index (κ2) is 14.6. The van der Waals surface area contributed by atoms with Crippen molar-refractivity contribution in [1.82, 2.24) is 10.2 Å². The number of hydrogen-bond acceptors (Lipinski definition) is 4. The summed E-state index contributed by atoms with van der Waals surface area (Å²) in [4.78, 5) is 29.3. The van der Waals surface area contributed by atoms with Crippen molar-refractivity contribution in [3.8, 4) is 0 Å². The van der Waals surface area contributed by atoms with Gasteiger partial charge in [0.1, 0.15) is 12.6 Å². The van der Waals surface area contributed by atoms with Gasteiger partial charge in [0.2, 0.25) is 11.8 Å². The molecule has 10 heteroatoms. The first-order chi connectivity index (χ1) is 20.6. The first-order valence-corrected chi connectivity index (χ1v) is 16.0. The van der Waals surface area contributed by atoms with Gasteiger partial charge in [-0.1, -0.05) is 108 Å². The zero-order chi connectivity index (χ0) is 31.0. The molecule has 1 atom stereocenters. The zero-order valence-electron chi connectivity index (χ0n) is 23.9. The third-order valence-electron chi connectivity index (χ3n) is 6.91. The molecule has 0 aliphatic heterocycles. The molecule has 7 nitrogen and oxygen atoms in total. The summed E-state index contributed by atoms with van der Waals surface area (Å²) < 4.78 is 29.0. The predicted octanol–water partition coefficient (Wildman–Crippen LogP) is 6.27. The number of sulfonamides is 1. The Morgan fingerprint density at radius 1 is 0.814 bits per heavy atom. The van der Waals surface area contributed by atoms with Gasteiger partial charge in [0.05, 0.1) is 20.6 Å². The van der Waals surface area contributed by atoms with Gasteiger partial charge < -0.3 is 10.2 Å². The fraction of sp³-hybridized carbons (Fsp3) is 0.212. The molecule has 0 saturated carbocycles. The van der Waals surface area contributed by atoms with Gasteiger partial charge in [-0.05, 0) is 49.2 Å². The number of carbonyl (C=O) groups is 2. The summed E-state index contributed by atoms with van der Waals surface area (Å²) in [6, 6.07) is 28.5. The molecule has 224 valence electrons. The molecule has 2 amide bonds. The number of aryl methyl sites for hydroxylation is 1. The van der Waals surface area contributed by atoms with E-state index >= 15 is 0 Å². The molecule has 43 heavy (non-hydrogen) atoms. The average molecular weight is 639 g/mol. The second-order valence-electron chi connectivity index (χ2n) is 10.0. The maximum Gasteiger partial charge on any atom is 0.264 e. The topological polar surface area (TPSA) is 86.8 Å². The van der Waals surface area contributed by atoms with Crippen molar-refractivity contribution in [2.45, 2.75) is 37.8 Å². The Morgan fingerprint density at radius 3 is 2.07 bits per heavy atom. The molecule has 0 aliphatic carbocycles. The molecular formula is C33H33Cl2N3O4S. The van der Waals surface area contributed by atoms with Gasteiger partial charge in [-0.15, -0.1) is 0 Å². The van der Waals surface area contributed by atoms with Gasteiger partial charge in [-0.25, -0.2) is 8.42 Å². The molecular weight excluding hydrogens is 605 g/mol. The molecule has 0 radical (unpaired) electrons. The monoisotopic (exact) mass is 637 g/mol. The summed E-state index contributed by atoms with van der Waals surface area (Å²) in [5.41, 5.74) is 2.74. The van der Waals surface area contributed by atoms with E-state index in [0.717, 1.165) is 21.0 Å². The second-order valence-corrected chi connectivity index (χ2v) is 12.7. The summed E-state index contributed by atoms with van der Waals surface area (Å²) in [6.07, 6.45) is 0.230. The minimum atomic E-state index is -4.27. The van der Waals surface area contributed by atoms with Crippen molar-refractivity contribution < 1.29 is 18.0 Å². The Kier molecular flexibility index (Phi) is 10.9. The van der Waals surface area contributed by atoms with Crippen LogP contribution in [0.25, 0.3) is 0 Å². The fourth-order valence-electron chi connectivity index (χ4n) is 4.65. The van der Waals surface area contributed by atoms with Crippen molar-refractivity contribution in [3.63, 3.8) is 0 Å². The molecule has 1 N–H and O–H groups in total. The number of hydrogen-bond donors (Lipinski definition) is 1. The van der Waals surface area contributed by atoms with Crippen LogP contribution in [0.4, 0.5) is 5.69 Å². The number of nitrogens with one attached hydrogen (secondary N) is 1. The quantitative estimate of drug-likeness (QED) is 0.198. The number of benzene rings is 4. The summed E-state index contributed by atoms with van der Waals surface area (Å²) in [5, 5.41) is 2.98. The first-order valence-electron chi connectivity index (χ1n) is 13.8. The van der Waals surface area contributed by atoms with Crippen LogP contribution in [-0.2, 0) is 32.6 Å². The third kappa shape index (κ3) is 7.96. The van der Waals surface area contributed by atoms with Crippen LogP contribution in [-0.4, -0.2) is 44.3 Å². The molecule has 0 unspecified atom stereocenters. The van der Waals surface area contributed by atoms with E-state index < -0.39 is 28.5 Å². The van der Waals surface area contributed by atoms with Crippen LogP contribution >= 0.6 is 23.2 Å². The third-order valence-corrected chi connectivity index (χ3v) is 9.49. The molecule has 4 rings (SSSR count). The van der Waals surface area contributed by atoms with Crippen LogP contribution in [0.1, 0.15) is 23.6 Å². The molecule has 0 aromatic heterocycles. The Morgan fingerprint density at radius 2 is 1.44 bits per heavy atom. The van der Waals surface area contributed by atoms with Gasteiger partial charge in [0.15, 0.2) is 0 Å². The number of halogens is 2. The van der Waals surface area contributed by atoms with Crippen LogP contribution < -0.4 is 9.62 Å². The van der Waals surface area contributed by atoms with E-state index in [-0.39, 0.29) is 39.5 Å². The van der Waals surface area contributed by atoms with E-state index in [1.165, 1.54) is 29.2 Å². The maximum atomic E-state index is 14.4. The van der Waals surface area contributed by atoms with E-state index in [9.17, 15) is 18.0 Å². The molecule has 0 saturated heterocycles. The van der Waals surface area contributed by atoms with Gasteiger partial charge in [-0.2, -0.15) is 0 Å². The molecule has 4 aromatic rings. The molecule has 4 aromatic carbocycles. The van der Waals surface area contributed by atoms with Crippen LogP contribution in [0.15, 0.2) is 108 Å². The molecule has 0 fully saturated rings. The lowest BCUT2D eigenvalue weighted by molar-refractivity contribution is -0.140. The lowest BCUT2D eigenvalue weighted by Gasteiger charge is -2.34. The zero-order valence-corrected chi connectivity index (χ0v) is 26.2. The first kappa shape index (κ1) is 32.1. The number of rotatable bonds is 12. The van der Waals surface area contributed by atoms with E-state index in [2.05, 4.69) is 5.32 Å². The van der Waals surface area contributed by atoms with Crippen molar-refractivity contribution in [2.24, 2.45) is 0 Å². The highest BCUT2D eigenvalue weighted by Crippen LogP contribution is 2.35. The standard InChI is InChI=1S/C33H33Cl2N3O4S/c1-3-36-33(40)30(21-25-11-6-4-7-12-25)37(22-26-19-17-24(2)18-20-26)31(39)23-38(29-16-10-15-28(34)32(29)35)43(41,42)27-13-8-5-9-14-27/h4-20,30H,3,21-23H2,1-2H3,(H,36,40)/t30-/m1/s1. The molecule has 0 bridgehead atoms. The highest BCUT2D eigenvalue weighted by atomic mass is 35.5. The number of likely N-dealkylation sites (N-methyl/N-ethyl adjacent to an activating group) is 1. The summed E-state index contributed by atoms with van der Waals surface area (Å²) in [6.45, 7) is 3.59. The summed E-state index contributed by atoms with van der Waals surface area (Å²) in [7, 11) is -4.27. The number of anilines is 1. The van der Waals surface area contributed by atoms with Gasteiger partial charge in [0, 0.05) is 19.5 Å². The largest absolute Gasteiger partial charge is 0.355 e. The normalized spacial score (nSPS) is 11.9. The van der Waals surface area contributed by atoms with Crippen molar-refractivity contribution in [3.05, 3.63) is 130 Å². The number of nitrogens with zero attached hydrogens (tertiary/aromatic N) is 2. The maximum absolute atomic E-state index is 14.4. The predicted molar refractivity (Wildman–Crippen MR) is 172 cm³/mol. The minimum absolute atomic E-state index is 0.00822. The van der Waals surface area contributed by atoms with E-state index in [0.29, 0.717) is 6.54 Å². The van der Waals surface area contributed by atoms with Gasteiger partial charge >= 0.3 is 0 Å². The Labute approximate surface area is 263 Å². The van der Waals surface area contributed by atoms with Gasteiger partial charge in [-0.3, -0.25) is 13.9 Å². The Hall–Kier alpha value is -3.85. The minimum Gasteiger partial charge on any atom is -0.355 e. The molecule has 0 spiro atoms. The summed E-state index contributed by atoms with van der Waals surface area (Å²) >= 11 is 12.8. The van der Waals surface area contributed by atoms with Crippen molar-refractivity contribution >= 4 is 50.7 Å². The van der Waals surface area contributed by atoms with E-state index in [4.69, 9.17) is 23.2 Å². The van der Waals surface area contributed by atoms with E-state index in [1.807, 2.05) is 61.5 Å². The SMILES string of the molecule is CCNC(=O)[C@@H](Cc1ccccc1)N(Cc1ccc(C)cc1)C(=O)CN(c1cccc(Cl)c1Cl)S(=O)(=O)c1ccccc1. The lowest BCUT2D eigenvalue weighted by atomic mass is 10.0. The fourth-order valence-corrected chi connectivity index (χ4v) is 6.55. The Balaban J connectivity index is 1.81. The molecule has 0 heterocycles. The highest BCUT2D eigenvalue weighted by molar-refractivity contribution is 7.92. The van der Waals surface area contributed by atoms with Crippen molar-refractivity contribution in [2.75, 3.05) is 17.4 Å². The van der Waals surface area contributed by atoms with E-state index in [1.54, 1.807) is 31.2 Å². The number of amides is 2. The smallest absolute Gasteiger partial charge is 0.264 e.